The van der Waals surface area contributed by atoms with Crippen LogP contribution in [0.25, 0.3) is 0 Å². The molecule has 6 atom stereocenters. The first-order valence-electron chi connectivity index (χ1n) is 16.6. The summed E-state index contributed by atoms with van der Waals surface area (Å²) < 4.78 is 87.1. The molecule has 0 spiro atoms. The molecule has 1 N–H and O–H groups in total. The number of methoxy groups -OCH3 is 1. The van der Waals surface area contributed by atoms with Gasteiger partial charge < -0.3 is 9.84 Å². The van der Waals surface area contributed by atoms with E-state index in [-0.39, 0.29) is 39.2 Å². The molecule has 7 rings (SSSR count). The quantitative estimate of drug-likeness (QED) is 0.158. The zero-order valence-electron chi connectivity index (χ0n) is 29.0. The Morgan fingerprint density at radius 1 is 0.732 bits per heavy atom. The second-order valence-electron chi connectivity index (χ2n) is 13.6. The van der Waals surface area contributed by atoms with Crippen molar-refractivity contribution in [2.75, 3.05) is 31.2 Å². The number of nitrogens with zero attached hydrogens (tertiary/aromatic N) is 6. The lowest BCUT2D eigenvalue weighted by Gasteiger charge is -2.44. The van der Waals surface area contributed by atoms with Crippen LogP contribution < -0.4 is 14.8 Å². The van der Waals surface area contributed by atoms with Gasteiger partial charge in [0.2, 0.25) is 0 Å². The average Bonchev–Trinajstić information content (AvgIpc) is 3.54. The number of pyridine rings is 2. The summed E-state index contributed by atoms with van der Waals surface area (Å²) in [5.41, 5.74) is -1.96. The average molecular weight is 848 g/mol. The third kappa shape index (κ3) is 6.16. The van der Waals surface area contributed by atoms with Crippen LogP contribution >= 0.6 is 34.8 Å². The number of phenols is 1. The fourth-order valence-electron chi connectivity index (χ4n) is 8.27. The van der Waals surface area contributed by atoms with Gasteiger partial charge in [0.15, 0.2) is 23.1 Å². The van der Waals surface area contributed by atoms with Gasteiger partial charge in [-0.25, -0.2) is 9.97 Å². The summed E-state index contributed by atoms with van der Waals surface area (Å²) >= 11 is 18.8. The standard InChI is InChI=1S/C35H27Cl3F6N6O6/c1-47(28-18(36)6-8-22(45-28)34(39,40)41)49-30(52)15-5-4-14-16(25(15)32(49)54)12-17-26(24(14)13-10-20(38)27(51)21(11-13)56-3)33(55)50(31(17)53)48(2)29-19(37)7-9-23(46-29)35(42,43)44/h4,6-11,15-17,24-26,51H,5,12H2,1-3H3/t15-,16+,17+,24-,25-,26+/m0/s1. The fourth-order valence-corrected chi connectivity index (χ4v) is 8.95. The maximum atomic E-state index is 14.5. The SMILES string of the molecule is COc1cc([C@H]2C3=CC[C@@H]4C(=O)N(N(C)c5nc(C(F)(F)F)ccc5Cl)C(=O)[C@@H]4[C@@H]3C[C@H]3C(=O)N(N(C)c4nc(C(F)(F)F)ccc4Cl)C(=O)[C@@H]23)cc(Cl)c1O. The number of carbonyl (C=O) groups is 4. The normalized spacial score (nSPS) is 24.9. The Labute approximate surface area is 328 Å². The van der Waals surface area contributed by atoms with Gasteiger partial charge >= 0.3 is 12.4 Å². The molecule has 0 radical (unpaired) electrons. The molecule has 2 saturated heterocycles. The van der Waals surface area contributed by atoms with E-state index in [1.807, 2.05) is 0 Å². The molecule has 3 aromatic rings. The van der Waals surface area contributed by atoms with Crippen molar-refractivity contribution < 1.29 is 55.4 Å². The van der Waals surface area contributed by atoms with Gasteiger partial charge in [-0.2, -0.15) is 36.4 Å². The number of ether oxygens (including phenoxy) is 1. The second-order valence-corrected chi connectivity index (χ2v) is 14.8. The molecular formula is C35H27Cl3F6N6O6. The summed E-state index contributed by atoms with van der Waals surface area (Å²) in [5, 5.41) is 12.7. The first-order valence-corrected chi connectivity index (χ1v) is 17.8. The zero-order valence-corrected chi connectivity index (χ0v) is 31.3. The predicted molar refractivity (Wildman–Crippen MR) is 186 cm³/mol. The Balaban J connectivity index is 1.32. The molecule has 2 aliphatic heterocycles. The van der Waals surface area contributed by atoms with Crippen molar-refractivity contribution in [2.45, 2.75) is 31.1 Å². The van der Waals surface area contributed by atoms with Gasteiger partial charge in [-0.1, -0.05) is 46.5 Å². The van der Waals surface area contributed by atoms with Gasteiger partial charge in [0.1, 0.15) is 11.4 Å². The summed E-state index contributed by atoms with van der Waals surface area (Å²) in [6.45, 7) is 0. The highest BCUT2D eigenvalue weighted by Gasteiger charge is 2.63. The highest BCUT2D eigenvalue weighted by molar-refractivity contribution is 6.33. The maximum Gasteiger partial charge on any atom is 0.433 e. The molecule has 1 aromatic carbocycles. The number of rotatable bonds is 6. The molecule has 0 bridgehead atoms. The predicted octanol–water partition coefficient (Wildman–Crippen LogP) is 6.93. The van der Waals surface area contributed by atoms with Gasteiger partial charge in [0, 0.05) is 20.0 Å². The Hall–Kier alpha value is -4.81. The van der Waals surface area contributed by atoms with E-state index < -0.39 is 100 Å². The number of carbonyl (C=O) groups excluding carboxylic acids is 4. The number of aromatic hydroxyl groups is 1. The van der Waals surface area contributed by atoms with Gasteiger partial charge in [0.25, 0.3) is 23.6 Å². The van der Waals surface area contributed by atoms with Crippen LogP contribution in [-0.4, -0.2) is 69.9 Å². The van der Waals surface area contributed by atoms with Crippen LogP contribution in [0.2, 0.25) is 15.1 Å². The molecular weight excluding hydrogens is 821 g/mol. The lowest BCUT2D eigenvalue weighted by molar-refractivity contribution is -0.143. The largest absolute Gasteiger partial charge is 0.503 e. The number of benzene rings is 1. The van der Waals surface area contributed by atoms with Gasteiger partial charge in [0.05, 0.1) is 45.8 Å². The van der Waals surface area contributed by atoms with E-state index in [0.717, 1.165) is 36.2 Å². The number of allylic oxidation sites excluding steroid dienone is 2. The fraction of sp³-hybridized carbons (Fsp3) is 0.371. The van der Waals surface area contributed by atoms with E-state index in [4.69, 9.17) is 39.5 Å². The Kier molecular flexibility index (Phi) is 9.64. The Morgan fingerprint density at radius 2 is 1.23 bits per heavy atom. The van der Waals surface area contributed by atoms with Crippen LogP contribution in [0.15, 0.2) is 48.0 Å². The minimum absolute atomic E-state index is 0.0679. The molecule has 4 heterocycles. The van der Waals surface area contributed by atoms with E-state index in [1.165, 1.54) is 19.2 Å². The van der Waals surface area contributed by atoms with E-state index >= 15 is 0 Å². The first-order chi connectivity index (χ1) is 26.2. The van der Waals surface area contributed by atoms with Crippen molar-refractivity contribution in [3.05, 3.63) is 80.1 Å². The molecule has 1 saturated carbocycles. The van der Waals surface area contributed by atoms with Crippen LogP contribution in [0, 0.1) is 29.6 Å². The van der Waals surface area contributed by atoms with Gasteiger partial charge in [-0.15, -0.1) is 0 Å². The third-order valence-corrected chi connectivity index (χ3v) is 11.6. The van der Waals surface area contributed by atoms with E-state index in [9.17, 15) is 50.6 Å². The molecule has 296 valence electrons. The lowest BCUT2D eigenvalue weighted by atomic mass is 9.57. The van der Waals surface area contributed by atoms with E-state index in [1.54, 1.807) is 6.08 Å². The monoisotopic (exact) mass is 846 g/mol. The molecule has 2 aliphatic carbocycles. The first kappa shape index (κ1) is 39.4. The van der Waals surface area contributed by atoms with Crippen molar-refractivity contribution in [3.8, 4) is 11.5 Å². The summed E-state index contributed by atoms with van der Waals surface area (Å²) in [5.74, 6) is -11.7. The van der Waals surface area contributed by atoms with Crippen molar-refractivity contribution in [3.63, 3.8) is 0 Å². The van der Waals surface area contributed by atoms with E-state index in [2.05, 4.69) is 9.97 Å². The molecule has 12 nitrogen and oxygen atoms in total. The summed E-state index contributed by atoms with van der Waals surface area (Å²) in [7, 11) is 3.54. The molecule has 21 heteroatoms. The number of hydrazine groups is 2. The number of alkyl halides is 6. The van der Waals surface area contributed by atoms with Crippen molar-refractivity contribution in [1.82, 2.24) is 20.0 Å². The van der Waals surface area contributed by atoms with Crippen LogP contribution in [-0.2, 0) is 31.5 Å². The minimum Gasteiger partial charge on any atom is -0.503 e. The van der Waals surface area contributed by atoms with Gasteiger partial charge in [-0.3, -0.25) is 29.2 Å². The number of anilines is 2. The van der Waals surface area contributed by atoms with Crippen molar-refractivity contribution >= 4 is 70.1 Å². The second kappa shape index (κ2) is 13.7. The smallest absolute Gasteiger partial charge is 0.433 e. The summed E-state index contributed by atoms with van der Waals surface area (Å²) in [6.07, 6.45) is -8.39. The Morgan fingerprint density at radius 3 is 1.73 bits per heavy atom. The number of halogens is 9. The number of phenolic OH excluding ortho intramolecular Hbond substituents is 1. The van der Waals surface area contributed by atoms with Crippen molar-refractivity contribution in [1.29, 1.82) is 0 Å². The van der Waals surface area contributed by atoms with E-state index in [0.29, 0.717) is 27.7 Å². The van der Waals surface area contributed by atoms with Crippen molar-refractivity contribution in [2.24, 2.45) is 29.6 Å². The number of hydrogen-bond donors (Lipinski definition) is 1. The number of fused-ring (bicyclic) bond motifs is 4. The number of aromatic nitrogens is 2. The molecule has 2 aromatic heterocycles. The number of hydrogen-bond acceptors (Lipinski definition) is 10. The van der Waals surface area contributed by atoms with Crippen LogP contribution in [0.3, 0.4) is 0 Å². The number of amides is 4. The highest BCUT2D eigenvalue weighted by atomic mass is 35.5. The highest BCUT2D eigenvalue weighted by Crippen LogP contribution is 2.59. The summed E-state index contributed by atoms with van der Waals surface area (Å²) in [4.78, 5) is 64.4. The molecule has 4 amide bonds. The van der Waals surface area contributed by atoms with Crippen LogP contribution in [0.4, 0.5) is 38.0 Å². The van der Waals surface area contributed by atoms with Crippen LogP contribution in [0.5, 0.6) is 11.5 Å². The minimum atomic E-state index is -4.90. The zero-order chi connectivity index (χ0) is 40.9. The molecule has 0 unspecified atom stereocenters. The Bertz CT molecular complexity index is 2240. The third-order valence-electron chi connectivity index (χ3n) is 10.7. The molecule has 56 heavy (non-hydrogen) atoms. The molecule has 4 aliphatic rings. The lowest BCUT2D eigenvalue weighted by Crippen LogP contribution is -2.46. The molecule has 3 fully saturated rings. The van der Waals surface area contributed by atoms with Gasteiger partial charge in [-0.05, 0) is 60.7 Å². The maximum absolute atomic E-state index is 14.5. The topological polar surface area (TPSA) is 136 Å². The van der Waals surface area contributed by atoms with Crippen LogP contribution in [0.1, 0.15) is 35.7 Å². The number of imide groups is 2. The summed E-state index contributed by atoms with van der Waals surface area (Å²) in [6, 6.07) is 5.85.